The predicted octanol–water partition coefficient (Wildman–Crippen LogP) is 20.1. The highest BCUT2D eigenvalue weighted by molar-refractivity contribution is 7.47. The van der Waals surface area contributed by atoms with Gasteiger partial charge in [-0.05, 0) is 49.4 Å². The third kappa shape index (κ3) is 62.2. The number of rotatable bonds is 68. The number of phosphoric acid groups is 2. The fourth-order valence-corrected chi connectivity index (χ4v) is 12.2. The van der Waals surface area contributed by atoms with Crippen LogP contribution in [0, 0.1) is 23.7 Å². The van der Waals surface area contributed by atoms with Gasteiger partial charge in [-0.1, -0.05) is 299 Å². The molecule has 0 saturated heterocycles. The summed E-state index contributed by atoms with van der Waals surface area (Å²) in [6.45, 7) is 14.1. The van der Waals surface area contributed by atoms with Gasteiger partial charge in [0, 0.05) is 25.7 Å². The third-order valence-corrected chi connectivity index (χ3v) is 18.9. The van der Waals surface area contributed by atoms with Gasteiger partial charge in [-0.15, -0.1) is 0 Å². The Morgan fingerprint density at radius 2 is 0.533 bits per heavy atom. The molecule has 0 aromatic carbocycles. The Balaban J connectivity index is 5.25. The van der Waals surface area contributed by atoms with Gasteiger partial charge in [-0.25, -0.2) is 9.13 Å². The van der Waals surface area contributed by atoms with Gasteiger partial charge >= 0.3 is 39.5 Å². The Morgan fingerprint density at radius 1 is 0.311 bits per heavy atom. The number of aliphatic hydroxyl groups excluding tert-OH is 1. The Kier molecular flexibility index (Phi) is 59.4. The average molecular weight is 1330 g/mol. The number of phosphoric ester groups is 2. The molecule has 0 amide bonds. The number of hydrogen-bond donors (Lipinski definition) is 3. The lowest BCUT2D eigenvalue weighted by Gasteiger charge is -2.21. The molecule has 0 bridgehead atoms. The summed E-state index contributed by atoms with van der Waals surface area (Å²) < 4.78 is 68.3. The van der Waals surface area contributed by atoms with Gasteiger partial charge in [0.2, 0.25) is 0 Å². The van der Waals surface area contributed by atoms with Crippen molar-refractivity contribution in [3.05, 3.63) is 0 Å². The summed E-state index contributed by atoms with van der Waals surface area (Å²) in [4.78, 5) is 72.6. The Bertz CT molecular complexity index is 1790. The zero-order chi connectivity index (χ0) is 66.8. The van der Waals surface area contributed by atoms with Crippen LogP contribution in [0.15, 0.2) is 0 Å². The molecule has 0 aromatic heterocycles. The maximum Gasteiger partial charge on any atom is 0.472 e. The van der Waals surface area contributed by atoms with Gasteiger partial charge in [-0.3, -0.25) is 37.3 Å². The van der Waals surface area contributed by atoms with E-state index in [1.165, 1.54) is 154 Å². The molecule has 0 aliphatic rings. The lowest BCUT2D eigenvalue weighted by atomic mass is 9.99. The number of hydrogen-bond acceptors (Lipinski definition) is 15. The highest BCUT2D eigenvalue weighted by Gasteiger charge is 2.30. The number of carbonyl (C=O) groups excluding carboxylic acids is 4. The van der Waals surface area contributed by atoms with Crippen molar-refractivity contribution in [1.82, 2.24) is 0 Å². The average Bonchev–Trinajstić information content (AvgIpc) is 3.64. The van der Waals surface area contributed by atoms with E-state index in [9.17, 15) is 43.2 Å². The Morgan fingerprint density at radius 3 is 0.789 bits per heavy atom. The van der Waals surface area contributed by atoms with Crippen molar-refractivity contribution in [2.24, 2.45) is 23.7 Å². The standard InChI is InChI=1S/C71H138O17P2/c1-9-63(7)49-41-33-25-20-22-27-36-44-52-69(74)81-57-66(87-70(75)53-45-37-28-18-16-14-12-11-13-15-17-23-31-39-47-61(3)4)59-85-89(77,78)83-55-65(72)56-84-90(79,80)86-60-67(88-71(76)54-46-38-30-29-34-42-50-64(8)10-2)58-82-68(73)51-43-35-26-21-19-24-32-40-48-62(5)6/h61-67,72H,9-60H2,1-8H3,(H,77,78)(H,79,80)/t63?,64?,65?,66-,67-/m1/s1. The maximum absolute atomic E-state index is 13.0. The summed E-state index contributed by atoms with van der Waals surface area (Å²) >= 11 is 0. The van der Waals surface area contributed by atoms with Gasteiger partial charge in [0.1, 0.15) is 19.3 Å². The van der Waals surface area contributed by atoms with Crippen LogP contribution in [0.25, 0.3) is 0 Å². The second-order valence-corrected chi connectivity index (χ2v) is 30.0. The van der Waals surface area contributed by atoms with E-state index < -0.39 is 97.5 Å². The topological polar surface area (TPSA) is 237 Å². The molecular weight excluding hydrogens is 1190 g/mol. The number of carbonyl (C=O) groups is 4. The molecule has 0 saturated carbocycles. The zero-order valence-corrected chi connectivity index (χ0v) is 60.6. The lowest BCUT2D eigenvalue weighted by molar-refractivity contribution is -0.161. The monoisotopic (exact) mass is 1320 g/mol. The van der Waals surface area contributed by atoms with Crippen LogP contribution < -0.4 is 0 Å². The van der Waals surface area contributed by atoms with Crippen LogP contribution in [0.4, 0.5) is 0 Å². The van der Waals surface area contributed by atoms with Crippen LogP contribution in [0.5, 0.6) is 0 Å². The molecule has 0 aliphatic heterocycles. The number of esters is 4. The smallest absolute Gasteiger partial charge is 0.462 e. The fraction of sp³-hybridized carbons (Fsp3) is 0.944. The normalized spacial score (nSPS) is 14.9. The molecule has 0 aromatic rings. The first-order valence-corrected chi connectivity index (χ1v) is 39.8. The van der Waals surface area contributed by atoms with E-state index in [0.29, 0.717) is 25.7 Å². The highest BCUT2D eigenvalue weighted by Crippen LogP contribution is 2.45. The maximum atomic E-state index is 13.0. The van der Waals surface area contributed by atoms with Gasteiger partial charge in [0.15, 0.2) is 12.2 Å². The molecule has 534 valence electrons. The number of ether oxygens (including phenoxy) is 4. The fourth-order valence-electron chi connectivity index (χ4n) is 10.6. The molecule has 19 heteroatoms. The summed E-state index contributed by atoms with van der Waals surface area (Å²) in [5.74, 6) is 0.888. The molecule has 5 unspecified atom stereocenters. The minimum atomic E-state index is -4.95. The summed E-state index contributed by atoms with van der Waals surface area (Å²) in [7, 11) is -9.90. The van der Waals surface area contributed by atoms with E-state index in [1.54, 1.807) is 0 Å². The van der Waals surface area contributed by atoms with Crippen molar-refractivity contribution in [2.75, 3.05) is 39.6 Å². The molecule has 90 heavy (non-hydrogen) atoms. The van der Waals surface area contributed by atoms with Gasteiger partial charge < -0.3 is 33.8 Å². The second kappa shape index (κ2) is 60.7. The molecular formula is C71H138O17P2. The third-order valence-electron chi connectivity index (χ3n) is 17.0. The van der Waals surface area contributed by atoms with E-state index in [4.69, 9.17) is 37.0 Å². The quantitative estimate of drug-likeness (QED) is 0.0222. The molecule has 0 rings (SSSR count). The van der Waals surface area contributed by atoms with Crippen molar-refractivity contribution in [1.29, 1.82) is 0 Å². The predicted molar refractivity (Wildman–Crippen MR) is 363 cm³/mol. The summed E-state index contributed by atoms with van der Waals surface area (Å²) in [6.07, 6.45) is 43.1. The first kappa shape index (κ1) is 88.1. The van der Waals surface area contributed by atoms with Crippen LogP contribution in [-0.2, 0) is 65.4 Å². The molecule has 0 spiro atoms. The Hall–Kier alpha value is -1.94. The Labute approximate surface area is 549 Å². The van der Waals surface area contributed by atoms with E-state index in [-0.39, 0.29) is 25.7 Å². The van der Waals surface area contributed by atoms with Crippen LogP contribution in [0.3, 0.4) is 0 Å². The molecule has 0 fully saturated rings. The van der Waals surface area contributed by atoms with Crippen LogP contribution in [0.2, 0.25) is 0 Å². The first-order chi connectivity index (χ1) is 43.2. The van der Waals surface area contributed by atoms with Crippen molar-refractivity contribution >= 4 is 39.5 Å². The van der Waals surface area contributed by atoms with Gasteiger partial charge in [0.25, 0.3) is 0 Å². The molecule has 3 N–H and O–H groups in total. The zero-order valence-electron chi connectivity index (χ0n) is 58.8. The van der Waals surface area contributed by atoms with E-state index in [1.807, 2.05) is 0 Å². The van der Waals surface area contributed by atoms with E-state index in [0.717, 1.165) is 114 Å². The summed E-state index contributed by atoms with van der Waals surface area (Å²) in [5, 5.41) is 10.6. The molecule has 0 radical (unpaired) electrons. The minimum absolute atomic E-state index is 0.102. The number of aliphatic hydroxyl groups is 1. The second-order valence-electron chi connectivity index (χ2n) is 27.1. The summed E-state index contributed by atoms with van der Waals surface area (Å²) in [5.41, 5.74) is 0. The van der Waals surface area contributed by atoms with Gasteiger partial charge in [-0.2, -0.15) is 0 Å². The van der Waals surface area contributed by atoms with Gasteiger partial charge in [0.05, 0.1) is 26.4 Å². The van der Waals surface area contributed by atoms with E-state index >= 15 is 0 Å². The van der Waals surface area contributed by atoms with Crippen LogP contribution in [0.1, 0.15) is 351 Å². The van der Waals surface area contributed by atoms with E-state index in [2.05, 4.69) is 55.4 Å². The lowest BCUT2D eigenvalue weighted by Crippen LogP contribution is -2.30. The van der Waals surface area contributed by atoms with Crippen LogP contribution >= 0.6 is 15.6 Å². The SMILES string of the molecule is CCC(C)CCCCCCCCCCC(=O)OC[C@H](COP(=O)(O)OCC(O)COP(=O)(O)OC[C@@H](COC(=O)CCCCCCCCCCC(C)C)OC(=O)CCCCCCCCC(C)CC)OC(=O)CCCCCCCCCCCCCCCCC(C)C. The molecule has 0 aliphatic carbocycles. The highest BCUT2D eigenvalue weighted by atomic mass is 31.2. The number of unbranched alkanes of at least 4 members (excludes halogenated alkanes) is 32. The minimum Gasteiger partial charge on any atom is -0.462 e. The van der Waals surface area contributed by atoms with Crippen molar-refractivity contribution in [3.8, 4) is 0 Å². The molecule has 17 nitrogen and oxygen atoms in total. The largest absolute Gasteiger partial charge is 0.472 e. The first-order valence-electron chi connectivity index (χ1n) is 36.8. The van der Waals surface area contributed by atoms with Crippen LogP contribution in [-0.4, -0.2) is 96.7 Å². The van der Waals surface area contributed by atoms with Crippen molar-refractivity contribution in [2.45, 2.75) is 369 Å². The molecule has 0 heterocycles. The van der Waals surface area contributed by atoms with Crippen molar-refractivity contribution < 1.29 is 80.2 Å². The van der Waals surface area contributed by atoms with Crippen molar-refractivity contribution in [3.63, 3.8) is 0 Å². The molecule has 7 atom stereocenters. The summed E-state index contributed by atoms with van der Waals surface area (Å²) in [6, 6.07) is 0.